The van der Waals surface area contributed by atoms with Crippen molar-refractivity contribution in [2.75, 3.05) is 13.2 Å². The molecule has 0 fully saturated rings. The summed E-state index contributed by atoms with van der Waals surface area (Å²) in [6.45, 7) is 3.50. The molecule has 9 heteroatoms. The summed E-state index contributed by atoms with van der Waals surface area (Å²) in [6.07, 6.45) is 55.0. The first-order valence-corrected chi connectivity index (χ1v) is 26.2. The Bertz CT molecular complexity index is 1090. The number of hydrogen-bond donors (Lipinski definition) is 4. The Labute approximate surface area is 381 Å². The fraction of sp³-hybridized carbons (Fsp3) is 0.849. The molecule has 0 bridgehead atoms. The third-order valence-electron chi connectivity index (χ3n) is 12.0. The fourth-order valence-corrected chi connectivity index (χ4v) is 7.92. The van der Waals surface area contributed by atoms with E-state index in [9.17, 15) is 19.2 Å². The number of ether oxygens (including phenoxy) is 1. The predicted octanol–water partition coefficient (Wildman–Crippen LogP) is 13.9. The minimum Gasteiger partial charge on any atom is -0.480 e. The molecule has 2 amide bonds. The van der Waals surface area contributed by atoms with Crippen molar-refractivity contribution >= 4 is 23.8 Å². The molecule has 0 aromatic heterocycles. The first-order chi connectivity index (χ1) is 30.3. The minimum atomic E-state index is -1.38. The lowest BCUT2D eigenvalue weighted by Gasteiger charge is -2.18. The van der Waals surface area contributed by atoms with Crippen molar-refractivity contribution < 1.29 is 34.1 Å². The zero-order valence-electron chi connectivity index (χ0n) is 40.4. The topological polar surface area (TPSA) is 142 Å². The van der Waals surface area contributed by atoms with Gasteiger partial charge in [-0.2, -0.15) is 0 Å². The highest BCUT2D eigenvalue weighted by molar-refractivity contribution is 5.87. The lowest BCUT2D eigenvalue weighted by molar-refractivity contribution is -0.150. The predicted molar refractivity (Wildman–Crippen MR) is 259 cm³/mol. The van der Waals surface area contributed by atoms with Gasteiger partial charge in [-0.3, -0.25) is 14.4 Å². The standard InChI is InChI=1S/C53H98N2O7/c1-3-5-7-9-11-13-15-17-18-19-20-21-22-23-24-26-28-30-32-37-41-45-52(59)62-48(42-38-34-31-29-27-25-16-14-12-10-8-6-4-2)43-39-35-33-36-40-44-50(57)54-46-51(58)55-49(47-56)53(60)61/h15,17,19-20,48-49,56H,3-14,16,18,21-47H2,1-2H3,(H,54,57)(H,55,58)(H,60,61)/b17-15-,20-19-. The maximum atomic E-state index is 12.9. The summed E-state index contributed by atoms with van der Waals surface area (Å²) in [4.78, 5) is 47.8. The number of rotatable bonds is 48. The van der Waals surface area contributed by atoms with Crippen LogP contribution >= 0.6 is 0 Å². The molecule has 2 atom stereocenters. The molecule has 62 heavy (non-hydrogen) atoms. The molecule has 0 aliphatic carbocycles. The van der Waals surface area contributed by atoms with Gasteiger partial charge in [-0.1, -0.05) is 205 Å². The second-order valence-corrected chi connectivity index (χ2v) is 18.0. The van der Waals surface area contributed by atoms with Crippen LogP contribution in [-0.4, -0.2) is 59.3 Å². The number of aliphatic hydroxyl groups excluding tert-OH is 1. The third kappa shape index (κ3) is 43.9. The number of carboxylic acids is 1. The summed E-state index contributed by atoms with van der Waals surface area (Å²) in [5.74, 6) is -2.28. The number of aliphatic hydroxyl groups is 1. The number of amides is 2. The highest BCUT2D eigenvalue weighted by atomic mass is 16.5. The van der Waals surface area contributed by atoms with E-state index in [2.05, 4.69) is 48.8 Å². The van der Waals surface area contributed by atoms with E-state index in [1.807, 2.05) is 0 Å². The molecule has 2 unspecified atom stereocenters. The SMILES string of the molecule is CCCCCCC/C=C\C/C=C\CCCCCCCCCCCC(=O)OC(CCCCCCCCCCCCCCC)CCCCCCCC(=O)NCC(=O)NC(CO)C(=O)O. The Balaban J connectivity index is 4.24. The van der Waals surface area contributed by atoms with Crippen molar-refractivity contribution in [3.8, 4) is 0 Å². The zero-order chi connectivity index (χ0) is 45.4. The van der Waals surface area contributed by atoms with Crippen LogP contribution in [-0.2, 0) is 23.9 Å². The molecule has 0 aromatic carbocycles. The van der Waals surface area contributed by atoms with Gasteiger partial charge >= 0.3 is 11.9 Å². The van der Waals surface area contributed by atoms with Gasteiger partial charge in [-0.15, -0.1) is 0 Å². The van der Waals surface area contributed by atoms with Gasteiger partial charge in [0.25, 0.3) is 0 Å². The summed E-state index contributed by atoms with van der Waals surface area (Å²) in [7, 11) is 0. The summed E-state index contributed by atoms with van der Waals surface area (Å²) < 4.78 is 6.07. The van der Waals surface area contributed by atoms with Gasteiger partial charge in [0.15, 0.2) is 0 Å². The number of carbonyl (C=O) groups excluding carboxylic acids is 3. The van der Waals surface area contributed by atoms with Crippen LogP contribution in [0, 0.1) is 0 Å². The monoisotopic (exact) mass is 875 g/mol. The van der Waals surface area contributed by atoms with Gasteiger partial charge in [0.05, 0.1) is 13.2 Å². The largest absolute Gasteiger partial charge is 0.480 e. The van der Waals surface area contributed by atoms with Crippen molar-refractivity contribution in [3.05, 3.63) is 24.3 Å². The highest BCUT2D eigenvalue weighted by Crippen LogP contribution is 2.19. The Morgan fingerprint density at radius 3 is 1.29 bits per heavy atom. The number of hydrogen-bond acceptors (Lipinski definition) is 6. The number of carboxylic acid groups (broad SMARTS) is 1. The molecule has 0 rings (SSSR count). The molecule has 4 N–H and O–H groups in total. The van der Waals surface area contributed by atoms with E-state index in [0.717, 1.165) is 64.2 Å². The molecule has 362 valence electrons. The summed E-state index contributed by atoms with van der Waals surface area (Å²) >= 11 is 0. The van der Waals surface area contributed by atoms with Crippen molar-refractivity contribution in [2.45, 2.75) is 276 Å². The van der Waals surface area contributed by atoms with Gasteiger partial charge in [0.1, 0.15) is 12.1 Å². The zero-order valence-corrected chi connectivity index (χ0v) is 40.4. The third-order valence-corrected chi connectivity index (χ3v) is 12.0. The molecule has 0 saturated carbocycles. The van der Waals surface area contributed by atoms with Crippen LogP contribution in [0.15, 0.2) is 24.3 Å². The quantitative estimate of drug-likeness (QED) is 0.0271. The molecule has 0 radical (unpaired) electrons. The fourth-order valence-electron chi connectivity index (χ4n) is 7.92. The molecular weight excluding hydrogens is 777 g/mol. The second kappa shape index (κ2) is 47.8. The van der Waals surface area contributed by atoms with Crippen LogP contribution in [0.1, 0.15) is 264 Å². The van der Waals surface area contributed by atoms with E-state index in [4.69, 9.17) is 14.9 Å². The molecular formula is C53H98N2O7. The average Bonchev–Trinajstić information content (AvgIpc) is 3.26. The van der Waals surface area contributed by atoms with Crippen molar-refractivity contribution in [3.63, 3.8) is 0 Å². The Morgan fingerprint density at radius 1 is 0.484 bits per heavy atom. The normalized spacial score (nSPS) is 12.6. The van der Waals surface area contributed by atoms with Gasteiger partial charge in [0.2, 0.25) is 11.8 Å². The number of unbranched alkanes of at least 4 members (excludes halogenated alkanes) is 30. The van der Waals surface area contributed by atoms with Gasteiger partial charge in [-0.05, 0) is 70.6 Å². The van der Waals surface area contributed by atoms with Gasteiger partial charge in [-0.25, -0.2) is 4.79 Å². The highest BCUT2D eigenvalue weighted by Gasteiger charge is 2.19. The van der Waals surface area contributed by atoms with E-state index in [1.165, 1.54) is 167 Å². The molecule has 0 spiro atoms. The van der Waals surface area contributed by atoms with E-state index < -0.39 is 24.5 Å². The van der Waals surface area contributed by atoms with Gasteiger partial charge < -0.3 is 25.6 Å². The minimum absolute atomic E-state index is 0.0130. The number of allylic oxidation sites excluding steroid dienone is 4. The molecule has 0 heterocycles. The van der Waals surface area contributed by atoms with Crippen LogP contribution in [0.2, 0.25) is 0 Å². The van der Waals surface area contributed by atoms with Crippen LogP contribution < -0.4 is 10.6 Å². The van der Waals surface area contributed by atoms with Crippen LogP contribution in [0.3, 0.4) is 0 Å². The Hall–Kier alpha value is -2.68. The smallest absolute Gasteiger partial charge is 0.328 e. The van der Waals surface area contributed by atoms with E-state index in [1.54, 1.807) is 0 Å². The number of aliphatic carboxylic acids is 1. The molecule has 0 aliphatic rings. The average molecular weight is 875 g/mol. The van der Waals surface area contributed by atoms with Crippen molar-refractivity contribution in [2.24, 2.45) is 0 Å². The van der Waals surface area contributed by atoms with Gasteiger partial charge in [0, 0.05) is 12.8 Å². The van der Waals surface area contributed by atoms with E-state index in [-0.39, 0.29) is 24.5 Å². The van der Waals surface area contributed by atoms with Crippen molar-refractivity contribution in [1.29, 1.82) is 0 Å². The van der Waals surface area contributed by atoms with E-state index in [0.29, 0.717) is 19.3 Å². The number of carbonyl (C=O) groups is 4. The second-order valence-electron chi connectivity index (χ2n) is 18.0. The number of esters is 1. The maximum absolute atomic E-state index is 12.9. The maximum Gasteiger partial charge on any atom is 0.328 e. The molecule has 9 nitrogen and oxygen atoms in total. The molecule has 0 saturated heterocycles. The first kappa shape index (κ1) is 59.3. The Morgan fingerprint density at radius 2 is 0.871 bits per heavy atom. The van der Waals surface area contributed by atoms with Crippen LogP contribution in [0.5, 0.6) is 0 Å². The lowest BCUT2D eigenvalue weighted by atomic mass is 10.0. The molecule has 0 aliphatic heterocycles. The summed E-state index contributed by atoms with van der Waals surface area (Å²) in [5, 5.41) is 22.6. The lowest BCUT2D eigenvalue weighted by Crippen LogP contribution is -2.47. The molecule has 0 aromatic rings. The Kier molecular flexibility index (Phi) is 45.7. The van der Waals surface area contributed by atoms with Crippen LogP contribution in [0.4, 0.5) is 0 Å². The van der Waals surface area contributed by atoms with Crippen LogP contribution in [0.25, 0.3) is 0 Å². The summed E-state index contributed by atoms with van der Waals surface area (Å²) in [5.41, 5.74) is 0. The first-order valence-electron chi connectivity index (χ1n) is 26.2. The van der Waals surface area contributed by atoms with Crippen molar-refractivity contribution in [1.82, 2.24) is 10.6 Å². The number of nitrogens with one attached hydrogen (secondary N) is 2. The summed E-state index contributed by atoms with van der Waals surface area (Å²) in [6, 6.07) is -1.38. The van der Waals surface area contributed by atoms with E-state index >= 15 is 0 Å².